The molecule has 0 unspecified atom stereocenters. The maximum absolute atomic E-state index is 10.7. The Kier molecular flexibility index (Phi) is 3.29. The van der Waals surface area contributed by atoms with Crippen LogP contribution in [0, 0.1) is 5.41 Å². The molecule has 0 aliphatic heterocycles. The van der Waals surface area contributed by atoms with Crippen LogP contribution in [0.1, 0.15) is 25.5 Å². The summed E-state index contributed by atoms with van der Waals surface area (Å²) < 4.78 is 0. The highest BCUT2D eigenvalue weighted by molar-refractivity contribution is 6.30. The van der Waals surface area contributed by atoms with Crippen LogP contribution in [-0.4, -0.2) is 11.4 Å². The highest BCUT2D eigenvalue weighted by atomic mass is 35.5. The standard InChI is InChI=1S/C11H13ClO2/c1-11(2,7-13)10(14)8-3-5-9(12)6-4-8/h3-7,10,14H,1-2H3/t10-/m0/s1. The van der Waals surface area contributed by atoms with Crippen molar-refractivity contribution in [3.05, 3.63) is 34.9 Å². The van der Waals surface area contributed by atoms with Crippen molar-refractivity contribution in [2.75, 3.05) is 0 Å². The van der Waals surface area contributed by atoms with E-state index in [1.807, 2.05) is 0 Å². The number of aldehydes is 1. The minimum Gasteiger partial charge on any atom is -0.387 e. The Morgan fingerprint density at radius 2 is 1.86 bits per heavy atom. The quantitative estimate of drug-likeness (QED) is 0.783. The summed E-state index contributed by atoms with van der Waals surface area (Å²) in [5.41, 5.74) is -0.0695. The summed E-state index contributed by atoms with van der Waals surface area (Å²) >= 11 is 5.71. The van der Waals surface area contributed by atoms with Crippen LogP contribution in [0.25, 0.3) is 0 Å². The predicted molar refractivity (Wildman–Crippen MR) is 56.3 cm³/mol. The lowest BCUT2D eigenvalue weighted by Crippen LogP contribution is -2.23. The Morgan fingerprint density at radius 1 is 1.36 bits per heavy atom. The van der Waals surface area contributed by atoms with E-state index in [1.54, 1.807) is 38.1 Å². The second-order valence-electron chi connectivity index (χ2n) is 3.89. The first-order valence-electron chi connectivity index (χ1n) is 4.37. The first kappa shape index (κ1) is 11.2. The molecule has 0 heterocycles. The molecule has 1 rings (SSSR count). The third kappa shape index (κ3) is 2.34. The topological polar surface area (TPSA) is 37.3 Å². The number of carbonyl (C=O) groups is 1. The summed E-state index contributed by atoms with van der Waals surface area (Å²) in [6.45, 7) is 3.39. The van der Waals surface area contributed by atoms with Gasteiger partial charge in [-0.15, -0.1) is 0 Å². The lowest BCUT2D eigenvalue weighted by Gasteiger charge is -2.24. The summed E-state index contributed by atoms with van der Waals surface area (Å²) in [4.78, 5) is 10.7. The van der Waals surface area contributed by atoms with Gasteiger partial charge in [0.1, 0.15) is 6.29 Å². The molecule has 0 spiro atoms. The fraction of sp³-hybridized carbons (Fsp3) is 0.364. The molecule has 0 bridgehead atoms. The van der Waals surface area contributed by atoms with Crippen molar-refractivity contribution in [2.24, 2.45) is 5.41 Å². The molecule has 0 saturated carbocycles. The summed E-state index contributed by atoms with van der Waals surface area (Å²) in [6.07, 6.45) is -0.0380. The van der Waals surface area contributed by atoms with Gasteiger partial charge in [0.2, 0.25) is 0 Å². The second kappa shape index (κ2) is 4.11. The lowest BCUT2D eigenvalue weighted by molar-refractivity contribution is -0.120. The molecule has 0 radical (unpaired) electrons. The average Bonchev–Trinajstić information content (AvgIpc) is 2.18. The van der Waals surface area contributed by atoms with Gasteiger partial charge >= 0.3 is 0 Å². The molecule has 0 amide bonds. The molecule has 76 valence electrons. The Balaban J connectivity index is 2.95. The van der Waals surface area contributed by atoms with E-state index in [2.05, 4.69) is 0 Å². The third-order valence-corrected chi connectivity index (χ3v) is 2.45. The van der Waals surface area contributed by atoms with Crippen LogP contribution < -0.4 is 0 Å². The second-order valence-corrected chi connectivity index (χ2v) is 4.33. The number of aliphatic hydroxyl groups is 1. The van der Waals surface area contributed by atoms with E-state index in [4.69, 9.17) is 11.6 Å². The fourth-order valence-corrected chi connectivity index (χ4v) is 1.27. The zero-order valence-electron chi connectivity index (χ0n) is 8.20. The van der Waals surface area contributed by atoms with Gasteiger partial charge in [0.25, 0.3) is 0 Å². The summed E-state index contributed by atoms with van der Waals surface area (Å²) in [5.74, 6) is 0. The van der Waals surface area contributed by atoms with E-state index in [0.717, 1.165) is 6.29 Å². The first-order chi connectivity index (χ1) is 6.47. The van der Waals surface area contributed by atoms with Crippen molar-refractivity contribution in [3.8, 4) is 0 Å². The Labute approximate surface area is 88.5 Å². The zero-order chi connectivity index (χ0) is 10.8. The van der Waals surface area contributed by atoms with E-state index in [0.29, 0.717) is 10.6 Å². The summed E-state index contributed by atoms with van der Waals surface area (Å²) in [7, 11) is 0. The molecule has 14 heavy (non-hydrogen) atoms. The molecule has 1 atom stereocenters. The van der Waals surface area contributed by atoms with E-state index in [-0.39, 0.29) is 0 Å². The fourth-order valence-electron chi connectivity index (χ4n) is 1.14. The van der Waals surface area contributed by atoms with Gasteiger partial charge in [-0.25, -0.2) is 0 Å². The van der Waals surface area contributed by atoms with Gasteiger partial charge in [0.15, 0.2) is 0 Å². The monoisotopic (exact) mass is 212 g/mol. The van der Waals surface area contributed by atoms with Crippen molar-refractivity contribution in [3.63, 3.8) is 0 Å². The van der Waals surface area contributed by atoms with Crippen LogP contribution in [0.4, 0.5) is 0 Å². The van der Waals surface area contributed by atoms with Gasteiger partial charge in [-0.2, -0.15) is 0 Å². The van der Waals surface area contributed by atoms with Gasteiger partial charge in [-0.1, -0.05) is 37.6 Å². The molecular formula is C11H13ClO2. The number of aliphatic hydroxyl groups excluding tert-OH is 1. The average molecular weight is 213 g/mol. The number of benzene rings is 1. The van der Waals surface area contributed by atoms with Crippen LogP contribution in [-0.2, 0) is 4.79 Å². The van der Waals surface area contributed by atoms with E-state index < -0.39 is 11.5 Å². The molecule has 0 saturated heterocycles. The van der Waals surface area contributed by atoms with Crippen LogP contribution >= 0.6 is 11.6 Å². The van der Waals surface area contributed by atoms with Crippen LogP contribution in [0.5, 0.6) is 0 Å². The van der Waals surface area contributed by atoms with Gasteiger partial charge < -0.3 is 9.90 Å². The maximum atomic E-state index is 10.7. The number of hydrogen-bond donors (Lipinski definition) is 1. The van der Waals surface area contributed by atoms with Crippen molar-refractivity contribution >= 4 is 17.9 Å². The molecule has 0 aliphatic carbocycles. The van der Waals surface area contributed by atoms with Crippen molar-refractivity contribution in [1.82, 2.24) is 0 Å². The molecule has 0 fully saturated rings. The summed E-state index contributed by atoms with van der Waals surface area (Å²) in [5, 5.41) is 10.5. The van der Waals surface area contributed by atoms with Gasteiger partial charge in [-0.05, 0) is 17.7 Å². The predicted octanol–water partition coefficient (Wildman–Crippen LogP) is 2.60. The summed E-state index contributed by atoms with van der Waals surface area (Å²) in [6, 6.07) is 6.83. The molecule has 0 aromatic heterocycles. The molecular weight excluding hydrogens is 200 g/mol. The SMILES string of the molecule is CC(C)(C=O)[C@@H](O)c1ccc(Cl)cc1. The Bertz CT molecular complexity index is 317. The highest BCUT2D eigenvalue weighted by Gasteiger charge is 2.28. The zero-order valence-corrected chi connectivity index (χ0v) is 8.95. The molecule has 3 heteroatoms. The van der Waals surface area contributed by atoms with Crippen molar-refractivity contribution in [2.45, 2.75) is 20.0 Å². The van der Waals surface area contributed by atoms with Crippen LogP contribution in [0.3, 0.4) is 0 Å². The molecule has 1 aromatic rings. The number of halogens is 1. The molecule has 0 aliphatic rings. The third-order valence-electron chi connectivity index (χ3n) is 2.19. The van der Waals surface area contributed by atoms with Crippen molar-refractivity contribution in [1.29, 1.82) is 0 Å². The number of hydrogen-bond acceptors (Lipinski definition) is 2. The lowest BCUT2D eigenvalue weighted by atomic mass is 9.84. The largest absolute Gasteiger partial charge is 0.387 e. The van der Waals surface area contributed by atoms with Gasteiger partial charge in [0, 0.05) is 5.02 Å². The Hall–Kier alpha value is -0.860. The number of carbonyl (C=O) groups excluding carboxylic acids is 1. The van der Waals surface area contributed by atoms with Crippen LogP contribution in [0.15, 0.2) is 24.3 Å². The molecule has 1 aromatic carbocycles. The minimum absolute atomic E-state index is 0.616. The minimum atomic E-state index is -0.794. The molecule has 2 nitrogen and oxygen atoms in total. The van der Waals surface area contributed by atoms with Gasteiger partial charge in [-0.3, -0.25) is 0 Å². The van der Waals surface area contributed by atoms with Gasteiger partial charge in [0.05, 0.1) is 11.5 Å². The maximum Gasteiger partial charge on any atom is 0.128 e. The van der Waals surface area contributed by atoms with Crippen LogP contribution in [0.2, 0.25) is 5.02 Å². The normalized spacial score (nSPS) is 13.7. The smallest absolute Gasteiger partial charge is 0.128 e. The number of rotatable bonds is 3. The van der Waals surface area contributed by atoms with Crippen molar-refractivity contribution < 1.29 is 9.90 Å². The van der Waals surface area contributed by atoms with E-state index >= 15 is 0 Å². The van der Waals surface area contributed by atoms with E-state index in [9.17, 15) is 9.90 Å². The Morgan fingerprint density at radius 3 is 2.29 bits per heavy atom. The van der Waals surface area contributed by atoms with E-state index in [1.165, 1.54) is 0 Å². The highest BCUT2D eigenvalue weighted by Crippen LogP contribution is 2.31. The first-order valence-corrected chi connectivity index (χ1v) is 4.75. The molecule has 1 N–H and O–H groups in total.